The molecule has 0 saturated carbocycles. The molecule has 0 N–H and O–H groups in total. The number of rotatable bonds is 1. The highest BCUT2D eigenvalue weighted by Crippen LogP contribution is 2.20. The van der Waals surface area contributed by atoms with E-state index >= 15 is 0 Å². The maximum Gasteiger partial charge on any atom is 0.349 e. The number of halogens is 1. The molecule has 1 aromatic rings. The molecule has 1 aromatic heterocycles. The van der Waals surface area contributed by atoms with Crippen LogP contribution in [0.25, 0.3) is 0 Å². The number of aromatic nitrogens is 2. The fourth-order valence-electron chi connectivity index (χ4n) is 1.58. The second-order valence-corrected chi connectivity index (χ2v) is 4.35. The van der Waals surface area contributed by atoms with Crippen molar-refractivity contribution in [2.24, 2.45) is 0 Å². The first-order valence-electron chi connectivity index (χ1n) is 4.08. The van der Waals surface area contributed by atoms with Crippen LogP contribution in [0.2, 0.25) is 0 Å². The molecule has 1 aliphatic heterocycles. The Labute approximate surface area is 75.6 Å². The minimum absolute atomic E-state index is 0.304. The Kier molecular flexibility index (Phi) is 1.87. The molecule has 4 nitrogen and oxygen atoms in total. The first-order chi connectivity index (χ1) is 6.09. The highest BCUT2D eigenvalue weighted by atomic mass is 32.3. The molecule has 0 bridgehead atoms. The molecule has 6 heteroatoms. The summed E-state index contributed by atoms with van der Waals surface area (Å²) in [5.41, 5.74) is 0. The molecule has 0 amide bonds. The first-order valence-corrected chi connectivity index (χ1v) is 5.46. The van der Waals surface area contributed by atoms with Gasteiger partial charge in [-0.25, -0.2) is 4.98 Å². The van der Waals surface area contributed by atoms with Gasteiger partial charge in [0.1, 0.15) is 5.82 Å². The topological polar surface area (TPSA) is 52.0 Å². The van der Waals surface area contributed by atoms with Crippen molar-refractivity contribution < 1.29 is 12.3 Å². The molecule has 0 saturated heterocycles. The highest BCUT2D eigenvalue weighted by Gasteiger charge is 2.22. The zero-order chi connectivity index (χ0) is 9.47. The lowest BCUT2D eigenvalue weighted by Crippen LogP contribution is -2.14. The smallest absolute Gasteiger partial charge is 0.317 e. The van der Waals surface area contributed by atoms with Crippen LogP contribution in [-0.2, 0) is 23.2 Å². The second kappa shape index (κ2) is 2.80. The van der Waals surface area contributed by atoms with E-state index in [4.69, 9.17) is 0 Å². The fraction of sp³-hybridized carbons (Fsp3) is 0.571. The summed E-state index contributed by atoms with van der Waals surface area (Å²) in [6.45, 7) is 0.549. The molecular formula is C7H9FN2O2S. The van der Waals surface area contributed by atoms with Gasteiger partial charge in [0.15, 0.2) is 5.03 Å². The van der Waals surface area contributed by atoms with Crippen molar-refractivity contribution in [1.29, 1.82) is 0 Å². The number of fused-ring (bicyclic) bond motifs is 1. The van der Waals surface area contributed by atoms with Crippen LogP contribution in [0.5, 0.6) is 0 Å². The summed E-state index contributed by atoms with van der Waals surface area (Å²) in [6.07, 6.45) is 3.69. The molecule has 0 unspecified atom stereocenters. The van der Waals surface area contributed by atoms with Crippen molar-refractivity contribution in [3.63, 3.8) is 0 Å². The van der Waals surface area contributed by atoms with Crippen molar-refractivity contribution in [3.05, 3.63) is 12.0 Å². The highest BCUT2D eigenvalue weighted by molar-refractivity contribution is 7.86. The van der Waals surface area contributed by atoms with E-state index in [9.17, 15) is 12.3 Å². The van der Waals surface area contributed by atoms with Crippen LogP contribution in [0.15, 0.2) is 11.2 Å². The van der Waals surface area contributed by atoms with E-state index in [-0.39, 0.29) is 5.03 Å². The first kappa shape index (κ1) is 8.68. The van der Waals surface area contributed by atoms with Crippen LogP contribution in [0.1, 0.15) is 18.7 Å². The Balaban J connectivity index is 2.55. The lowest BCUT2D eigenvalue weighted by molar-refractivity contribution is 0.477. The van der Waals surface area contributed by atoms with Crippen LogP contribution in [0.3, 0.4) is 0 Å². The van der Waals surface area contributed by atoms with Crippen LogP contribution in [0, 0.1) is 0 Å². The van der Waals surface area contributed by atoms with E-state index in [0.29, 0.717) is 12.4 Å². The third-order valence-corrected chi connectivity index (χ3v) is 3.01. The maximum atomic E-state index is 12.7. The Morgan fingerprint density at radius 3 is 2.92 bits per heavy atom. The minimum atomic E-state index is -4.60. The van der Waals surface area contributed by atoms with Gasteiger partial charge in [-0.3, -0.25) is 0 Å². The van der Waals surface area contributed by atoms with E-state index in [0.717, 1.165) is 25.5 Å². The third kappa shape index (κ3) is 1.46. The van der Waals surface area contributed by atoms with Crippen molar-refractivity contribution in [3.8, 4) is 0 Å². The van der Waals surface area contributed by atoms with Crippen molar-refractivity contribution in [2.45, 2.75) is 30.8 Å². The molecule has 0 spiro atoms. The SMILES string of the molecule is O=S(=O)(F)c1cnc2n1CCCC2. The summed E-state index contributed by atoms with van der Waals surface area (Å²) in [5, 5.41) is -0.304. The summed E-state index contributed by atoms with van der Waals surface area (Å²) in [5.74, 6) is 0.669. The minimum Gasteiger partial charge on any atom is -0.317 e. The average Bonchev–Trinajstić information content (AvgIpc) is 2.45. The van der Waals surface area contributed by atoms with E-state index in [1.165, 1.54) is 4.57 Å². The molecule has 0 fully saturated rings. The fourth-order valence-corrected chi connectivity index (χ4v) is 2.22. The van der Waals surface area contributed by atoms with E-state index in [1.807, 2.05) is 0 Å². The van der Waals surface area contributed by atoms with Gasteiger partial charge in [0.2, 0.25) is 0 Å². The van der Waals surface area contributed by atoms with Gasteiger partial charge < -0.3 is 4.57 Å². The lowest BCUT2D eigenvalue weighted by Gasteiger charge is -2.14. The van der Waals surface area contributed by atoms with Gasteiger partial charge in [-0.05, 0) is 12.8 Å². The normalized spacial score (nSPS) is 17.0. The molecule has 2 heterocycles. The third-order valence-electron chi connectivity index (χ3n) is 2.18. The standard InChI is InChI=1S/C7H9FN2O2S/c8-13(11,12)7-5-9-6-3-1-2-4-10(6)7/h5H,1-4H2. The van der Waals surface area contributed by atoms with E-state index in [1.54, 1.807) is 0 Å². The molecular weight excluding hydrogens is 195 g/mol. The summed E-state index contributed by atoms with van der Waals surface area (Å²) in [4.78, 5) is 3.87. The van der Waals surface area contributed by atoms with Gasteiger partial charge >= 0.3 is 10.2 Å². The predicted molar refractivity (Wildman–Crippen MR) is 43.5 cm³/mol. The zero-order valence-electron chi connectivity index (χ0n) is 6.90. The molecule has 0 atom stereocenters. The summed E-state index contributed by atoms with van der Waals surface area (Å²) in [7, 11) is -4.60. The Morgan fingerprint density at radius 1 is 1.46 bits per heavy atom. The number of nitrogens with zero attached hydrogens (tertiary/aromatic N) is 2. The molecule has 1 aliphatic rings. The van der Waals surface area contributed by atoms with Gasteiger partial charge in [-0.1, -0.05) is 3.89 Å². The lowest BCUT2D eigenvalue weighted by atomic mass is 10.2. The number of hydrogen-bond donors (Lipinski definition) is 0. The van der Waals surface area contributed by atoms with Gasteiger partial charge in [0.25, 0.3) is 0 Å². The molecule has 13 heavy (non-hydrogen) atoms. The number of hydrogen-bond acceptors (Lipinski definition) is 3. The molecule has 72 valence electrons. The molecule has 2 rings (SSSR count). The largest absolute Gasteiger partial charge is 0.349 e. The zero-order valence-corrected chi connectivity index (χ0v) is 7.72. The van der Waals surface area contributed by atoms with Crippen LogP contribution < -0.4 is 0 Å². The predicted octanol–water partition coefficient (Wildman–Crippen LogP) is 0.878. The summed E-state index contributed by atoms with van der Waals surface area (Å²) in [6, 6.07) is 0. The number of aryl methyl sites for hydroxylation is 1. The Hall–Kier alpha value is -0.910. The van der Waals surface area contributed by atoms with Crippen molar-refractivity contribution in [1.82, 2.24) is 9.55 Å². The van der Waals surface area contributed by atoms with E-state index < -0.39 is 10.2 Å². The van der Waals surface area contributed by atoms with Gasteiger partial charge in [0.05, 0.1) is 6.20 Å². The second-order valence-electron chi connectivity index (χ2n) is 3.06. The Bertz CT molecular complexity index is 424. The van der Waals surface area contributed by atoms with Crippen LogP contribution >= 0.6 is 0 Å². The summed E-state index contributed by atoms with van der Waals surface area (Å²) < 4.78 is 35.4. The monoisotopic (exact) mass is 204 g/mol. The van der Waals surface area contributed by atoms with Crippen molar-refractivity contribution in [2.75, 3.05) is 0 Å². The Morgan fingerprint density at radius 2 is 2.23 bits per heavy atom. The number of imidazole rings is 1. The maximum absolute atomic E-state index is 12.7. The molecule has 0 aliphatic carbocycles. The average molecular weight is 204 g/mol. The van der Waals surface area contributed by atoms with Gasteiger partial charge in [-0.2, -0.15) is 8.42 Å². The molecule has 0 radical (unpaired) electrons. The van der Waals surface area contributed by atoms with Crippen molar-refractivity contribution >= 4 is 10.2 Å². The van der Waals surface area contributed by atoms with E-state index in [2.05, 4.69) is 4.98 Å². The quantitative estimate of drug-likeness (QED) is 0.638. The molecule has 0 aromatic carbocycles. The van der Waals surface area contributed by atoms with Gasteiger partial charge in [-0.15, -0.1) is 0 Å². The van der Waals surface area contributed by atoms with Crippen LogP contribution in [0.4, 0.5) is 3.89 Å². The van der Waals surface area contributed by atoms with Crippen LogP contribution in [-0.4, -0.2) is 18.0 Å². The van der Waals surface area contributed by atoms with Gasteiger partial charge in [0, 0.05) is 13.0 Å². The summed E-state index contributed by atoms with van der Waals surface area (Å²) >= 11 is 0.